The summed E-state index contributed by atoms with van der Waals surface area (Å²) in [7, 11) is 5.66. The Kier molecular flexibility index (Phi) is 43.1. The molecule has 4 rings (SSSR count). The van der Waals surface area contributed by atoms with E-state index in [1.807, 2.05) is 0 Å². The van der Waals surface area contributed by atoms with Gasteiger partial charge in [0.2, 0.25) is 0 Å². The third kappa shape index (κ3) is 27.0. The third-order valence-corrected chi connectivity index (χ3v) is 7.89. The van der Waals surface area contributed by atoms with Crippen LogP contribution in [0, 0.1) is 0 Å². The zero-order valence-corrected chi connectivity index (χ0v) is 40.7. The second-order valence-corrected chi connectivity index (χ2v) is 12.7. The number of hydrogen-bond acceptors (Lipinski definition) is 20. The van der Waals surface area contributed by atoms with Gasteiger partial charge in [-0.1, -0.05) is 95.9 Å². The first kappa shape index (κ1) is 70.3. The largest absolute Gasteiger partial charge is 2.00 e. The smallest absolute Gasteiger partial charge is 0.870 e. The maximum atomic E-state index is 11.6. The van der Waals surface area contributed by atoms with Gasteiger partial charge in [0.05, 0.1) is 28.4 Å². The summed E-state index contributed by atoms with van der Waals surface area (Å²) in [4.78, 5) is 15.2. The van der Waals surface area contributed by atoms with Crippen molar-refractivity contribution in [2.45, 2.75) is 24.4 Å². The van der Waals surface area contributed by atoms with E-state index in [1.165, 1.54) is 53.3 Å². The number of aliphatic hydroxyl groups is 4. The predicted molar refractivity (Wildman–Crippen MR) is 223 cm³/mol. The second-order valence-electron chi connectivity index (χ2n) is 12.7. The van der Waals surface area contributed by atoms with Crippen LogP contribution >= 0.6 is 0 Å². The Balaban J connectivity index is -0.000000394. The van der Waals surface area contributed by atoms with Gasteiger partial charge in [0, 0.05) is 77.5 Å². The van der Waals surface area contributed by atoms with E-state index in [2.05, 4.69) is 20.0 Å². The molecular formula is C44H52Cu4N4O16. The Hall–Kier alpha value is -4.28. The third-order valence-electron chi connectivity index (χ3n) is 7.89. The molecule has 0 saturated carbocycles. The molecule has 68 heavy (non-hydrogen) atoms. The first-order valence-corrected chi connectivity index (χ1v) is 19.2. The molecule has 0 amide bonds. The van der Waals surface area contributed by atoms with E-state index < -0.39 is 50.8 Å². The van der Waals surface area contributed by atoms with Crippen LogP contribution in [-0.4, -0.2) is 151 Å². The molecule has 4 atom stereocenters. The monoisotopic (exact) mass is 1140 g/mol. The van der Waals surface area contributed by atoms with Crippen molar-refractivity contribution in [3.8, 4) is 46.0 Å². The number of rotatable bonds is 20. The van der Waals surface area contributed by atoms with Gasteiger partial charge in [-0.15, -0.1) is 0 Å². The van der Waals surface area contributed by atoms with Crippen molar-refractivity contribution < 1.29 is 149 Å². The van der Waals surface area contributed by atoms with Crippen LogP contribution in [0.15, 0.2) is 92.8 Å². The van der Waals surface area contributed by atoms with E-state index in [0.29, 0.717) is 22.3 Å². The molecule has 0 saturated heterocycles. The van der Waals surface area contributed by atoms with Gasteiger partial charge in [-0.05, 0) is 46.5 Å². The maximum absolute atomic E-state index is 11.6. The zero-order valence-electron chi connectivity index (χ0n) is 36.9. The van der Waals surface area contributed by atoms with Gasteiger partial charge in [0.25, 0.3) is 0 Å². The Labute approximate surface area is 437 Å². The first-order chi connectivity index (χ1) is 30.7. The van der Waals surface area contributed by atoms with Crippen LogP contribution in [0.3, 0.4) is 0 Å². The zero-order chi connectivity index (χ0) is 47.9. The van der Waals surface area contributed by atoms with Crippen LogP contribution in [0.1, 0.15) is 22.3 Å². The van der Waals surface area contributed by atoms with E-state index in [0.717, 1.165) is 0 Å². The number of aliphatic hydroxyl groups excluding tert-OH is 4. The minimum atomic E-state index is -1.14. The van der Waals surface area contributed by atoms with Gasteiger partial charge in [-0.3, -0.25) is 20.0 Å². The fourth-order valence-electron chi connectivity index (χ4n) is 4.49. The molecule has 24 heteroatoms. The fourth-order valence-corrected chi connectivity index (χ4v) is 4.49. The van der Waals surface area contributed by atoms with Crippen molar-refractivity contribution >= 4 is 24.9 Å². The van der Waals surface area contributed by atoms with Crippen LogP contribution in [0.4, 0.5) is 0 Å². The minimum absolute atomic E-state index is 0. The van der Waals surface area contributed by atoms with Crippen molar-refractivity contribution in [3.05, 3.63) is 95.1 Å². The maximum Gasteiger partial charge on any atom is 2.00 e. The molecule has 0 fully saturated rings. The Bertz CT molecular complexity index is 1770. The predicted octanol–water partition coefficient (Wildman–Crippen LogP) is -4.37. The summed E-state index contributed by atoms with van der Waals surface area (Å²) < 4.78 is 19.4. The van der Waals surface area contributed by atoms with E-state index in [1.54, 1.807) is 72.8 Å². The number of para-hydroxylation sites is 4. The molecule has 4 aromatic carbocycles. The Morgan fingerprint density at radius 2 is 0.559 bits per heavy atom. The van der Waals surface area contributed by atoms with Crippen molar-refractivity contribution in [3.63, 3.8) is 0 Å². The topological polar surface area (TPSA) is 352 Å². The number of benzene rings is 4. The van der Waals surface area contributed by atoms with E-state index in [4.69, 9.17) is 39.4 Å². The summed E-state index contributed by atoms with van der Waals surface area (Å²) in [6.07, 6.45) is 0.732. The van der Waals surface area contributed by atoms with E-state index in [-0.39, 0.29) is 140 Å². The van der Waals surface area contributed by atoms with Crippen molar-refractivity contribution in [2.24, 2.45) is 20.0 Å². The molecule has 0 spiro atoms. The summed E-state index contributed by atoms with van der Waals surface area (Å²) in [5.74, 6) is -0.0927. The van der Waals surface area contributed by atoms with Crippen LogP contribution in [-0.2, 0) is 68.3 Å². The number of methoxy groups -OCH3 is 4. The Morgan fingerprint density at radius 3 is 0.706 bits per heavy atom. The quantitative estimate of drug-likeness (QED) is 0.0480. The molecule has 0 bridgehead atoms. The fraction of sp³-hybridized carbons (Fsp3) is 0.364. The second kappa shape index (κ2) is 41.7. The summed E-state index contributed by atoms with van der Waals surface area (Å²) in [5.41, 5.74) is 1.46. The molecule has 20 nitrogen and oxygen atoms in total. The van der Waals surface area contributed by atoms with Crippen molar-refractivity contribution in [2.75, 3.05) is 81.0 Å². The average molecular weight is 1150 g/mol. The van der Waals surface area contributed by atoms with Crippen LogP contribution in [0.25, 0.3) is 0 Å². The standard InChI is InChI=1S/4C11H14NO4.4Cu/c4*1-16-10-4-2-3-8(11(10)15)5-12-6-9(14)7-13;;;;/h4*2-5,9,13,15H,6-7H2,1H3;;;;/q4*-1;4*+2/p-4/t4*9-;;;;/m1100..../s1. The van der Waals surface area contributed by atoms with Gasteiger partial charge >= 0.3 is 68.3 Å². The van der Waals surface area contributed by atoms with Crippen LogP contribution in [0.2, 0.25) is 0 Å². The van der Waals surface area contributed by atoms with Crippen molar-refractivity contribution in [1.29, 1.82) is 0 Å². The summed E-state index contributed by atoms with van der Waals surface area (Å²) >= 11 is 0. The van der Waals surface area contributed by atoms with Gasteiger partial charge in [0.1, 0.15) is 23.0 Å². The van der Waals surface area contributed by atoms with Crippen molar-refractivity contribution in [1.82, 2.24) is 0 Å². The molecule has 0 aliphatic rings. The molecular weight excluding hydrogens is 1090 g/mol. The SMILES string of the molecule is COc1cccc(C=NC[C@@H]([O-])CO)c1[O-].COc1cccc(C=NC[C@@H]([O-])CO)c1[O-].COc1cccc(C=NC[C@H]([O-])CO)c1[O-].COc1cccc(C=NC[C@H]([O-])CO)c1[O-].[Cu+2].[Cu+2].[Cu+2].[Cu+2]. The number of ether oxygens (including phenoxy) is 4. The number of aliphatic imine (C=N–C) groups is 4. The minimum Gasteiger partial charge on any atom is -0.870 e. The van der Waals surface area contributed by atoms with Gasteiger partial charge in [-0.2, -0.15) is 0 Å². The molecule has 0 aromatic heterocycles. The van der Waals surface area contributed by atoms with E-state index in [9.17, 15) is 40.9 Å². The summed E-state index contributed by atoms with van der Waals surface area (Å²) in [5, 5.41) is 124. The number of hydrogen-bond donors (Lipinski definition) is 4. The van der Waals surface area contributed by atoms with Gasteiger partial charge in [0.15, 0.2) is 0 Å². The van der Waals surface area contributed by atoms with Crippen LogP contribution < -0.4 is 59.8 Å². The summed E-state index contributed by atoms with van der Waals surface area (Å²) in [6, 6.07) is 19.3. The molecule has 4 N–H and O–H groups in total. The van der Waals surface area contributed by atoms with Crippen LogP contribution in [0.5, 0.6) is 46.0 Å². The number of nitrogens with zero attached hydrogens (tertiary/aromatic N) is 4. The average Bonchev–Trinajstić information content (AvgIpc) is 3.31. The molecule has 0 unspecified atom stereocenters. The Morgan fingerprint density at radius 1 is 0.382 bits per heavy atom. The normalized spacial score (nSPS) is 12.2. The van der Waals surface area contributed by atoms with Gasteiger partial charge in [-0.25, -0.2) is 0 Å². The first-order valence-electron chi connectivity index (χ1n) is 19.2. The molecule has 4 radical (unpaired) electrons. The van der Waals surface area contributed by atoms with Gasteiger partial charge < -0.3 is 80.2 Å². The van der Waals surface area contributed by atoms with E-state index >= 15 is 0 Å². The summed E-state index contributed by atoms with van der Waals surface area (Å²) in [6.45, 7) is -2.03. The molecule has 0 aliphatic heterocycles. The molecule has 388 valence electrons. The molecule has 0 aliphatic carbocycles. The molecule has 0 heterocycles. The molecule has 4 aromatic rings.